The minimum atomic E-state index is -0.375. The van der Waals surface area contributed by atoms with Gasteiger partial charge in [-0.25, -0.2) is 8.78 Å². The second-order valence-electron chi connectivity index (χ2n) is 5.57. The van der Waals surface area contributed by atoms with Crippen LogP contribution in [0.5, 0.6) is 0 Å². The Morgan fingerprint density at radius 2 is 1.45 bits per heavy atom. The van der Waals surface area contributed by atoms with E-state index in [-0.39, 0.29) is 17.6 Å². The third-order valence-electron chi connectivity index (χ3n) is 4.20. The van der Waals surface area contributed by atoms with Gasteiger partial charge in [0.1, 0.15) is 11.6 Å². The lowest BCUT2D eigenvalue weighted by Gasteiger charge is -2.27. The van der Waals surface area contributed by atoms with Crippen LogP contribution in [0.4, 0.5) is 8.78 Å². The molecule has 0 bridgehead atoms. The zero-order valence-corrected chi connectivity index (χ0v) is 12.6. The number of halogens is 2. The summed E-state index contributed by atoms with van der Waals surface area (Å²) < 4.78 is 28.8. The second kappa shape index (κ2) is 5.88. The standard InChI is InChI=1S/C20H17F2/c1-13-17(15-8-4-3-5-9-15)12-18(14(2)20(13)22)16-10-6-7-11-19(16)21/h3-12,18H,1-2H3. The van der Waals surface area contributed by atoms with E-state index < -0.39 is 0 Å². The zero-order chi connectivity index (χ0) is 15.7. The van der Waals surface area contributed by atoms with Crippen LogP contribution in [0.15, 0.2) is 71.6 Å². The van der Waals surface area contributed by atoms with Gasteiger partial charge in [0.15, 0.2) is 0 Å². The Balaban J connectivity index is 2.10. The lowest BCUT2D eigenvalue weighted by molar-refractivity contribution is 0.590. The molecule has 0 saturated carbocycles. The average Bonchev–Trinajstić information content (AvgIpc) is 2.55. The van der Waals surface area contributed by atoms with Crippen molar-refractivity contribution in [1.29, 1.82) is 0 Å². The minimum absolute atomic E-state index is 0.241. The number of hydrogen-bond donors (Lipinski definition) is 0. The summed E-state index contributed by atoms with van der Waals surface area (Å²) in [6, 6.07) is 16.2. The Morgan fingerprint density at radius 1 is 0.818 bits per heavy atom. The van der Waals surface area contributed by atoms with E-state index >= 15 is 0 Å². The fraction of sp³-hybridized carbons (Fsp3) is 0.150. The molecule has 1 aliphatic rings. The molecule has 1 unspecified atom stereocenters. The van der Waals surface area contributed by atoms with Gasteiger partial charge >= 0.3 is 0 Å². The highest BCUT2D eigenvalue weighted by molar-refractivity contribution is 5.81. The number of benzene rings is 2. The minimum Gasteiger partial charge on any atom is -0.207 e. The maximum atomic E-state index is 14.7. The summed E-state index contributed by atoms with van der Waals surface area (Å²) in [5.41, 5.74) is 3.45. The van der Waals surface area contributed by atoms with Crippen molar-refractivity contribution < 1.29 is 8.78 Å². The van der Waals surface area contributed by atoms with Crippen molar-refractivity contribution in [3.05, 3.63) is 94.9 Å². The summed E-state index contributed by atoms with van der Waals surface area (Å²) in [7, 11) is 0. The summed E-state index contributed by atoms with van der Waals surface area (Å²) in [6.07, 6.45) is 1.96. The average molecular weight is 295 g/mol. The van der Waals surface area contributed by atoms with Crippen LogP contribution in [0.2, 0.25) is 0 Å². The second-order valence-corrected chi connectivity index (χ2v) is 5.57. The molecule has 0 spiro atoms. The van der Waals surface area contributed by atoms with Gasteiger partial charge in [0.05, 0.1) is 0 Å². The van der Waals surface area contributed by atoms with Crippen molar-refractivity contribution in [1.82, 2.24) is 0 Å². The zero-order valence-electron chi connectivity index (χ0n) is 12.6. The van der Waals surface area contributed by atoms with Gasteiger partial charge < -0.3 is 0 Å². The molecule has 0 nitrogen and oxygen atoms in total. The van der Waals surface area contributed by atoms with E-state index in [4.69, 9.17) is 0 Å². The van der Waals surface area contributed by atoms with Crippen molar-refractivity contribution in [2.45, 2.75) is 19.8 Å². The number of allylic oxidation sites excluding steroid dienone is 4. The first-order valence-corrected chi connectivity index (χ1v) is 7.32. The Morgan fingerprint density at radius 3 is 2.14 bits per heavy atom. The maximum Gasteiger partial charge on any atom is 0.127 e. The lowest BCUT2D eigenvalue weighted by Crippen LogP contribution is -2.12. The van der Waals surface area contributed by atoms with E-state index in [2.05, 4.69) is 0 Å². The van der Waals surface area contributed by atoms with Crippen LogP contribution in [-0.2, 0) is 0 Å². The van der Waals surface area contributed by atoms with Crippen molar-refractivity contribution >= 4 is 5.57 Å². The quantitative estimate of drug-likeness (QED) is 0.652. The van der Waals surface area contributed by atoms with Gasteiger partial charge in [-0.1, -0.05) is 48.5 Å². The first-order chi connectivity index (χ1) is 10.6. The van der Waals surface area contributed by atoms with Crippen LogP contribution in [0.1, 0.15) is 30.9 Å². The van der Waals surface area contributed by atoms with Gasteiger partial charge in [-0.05, 0) is 47.8 Å². The van der Waals surface area contributed by atoms with E-state index in [1.807, 2.05) is 36.8 Å². The molecule has 22 heavy (non-hydrogen) atoms. The topological polar surface area (TPSA) is 0 Å². The van der Waals surface area contributed by atoms with E-state index in [1.54, 1.807) is 32.0 Å². The van der Waals surface area contributed by atoms with E-state index in [1.165, 1.54) is 6.07 Å². The van der Waals surface area contributed by atoms with E-state index in [9.17, 15) is 8.78 Å². The van der Waals surface area contributed by atoms with Crippen molar-refractivity contribution in [3.63, 3.8) is 0 Å². The normalized spacial score (nSPS) is 18.8. The van der Waals surface area contributed by atoms with Gasteiger partial charge in [0.2, 0.25) is 0 Å². The largest absolute Gasteiger partial charge is 0.207 e. The molecule has 0 aromatic heterocycles. The summed E-state index contributed by atoms with van der Waals surface area (Å²) >= 11 is 0. The van der Waals surface area contributed by atoms with Gasteiger partial charge in [0.25, 0.3) is 0 Å². The van der Waals surface area contributed by atoms with Crippen LogP contribution >= 0.6 is 0 Å². The fourth-order valence-corrected chi connectivity index (χ4v) is 2.95. The first kappa shape index (κ1) is 14.7. The molecule has 0 saturated heterocycles. The molecular formula is C20H17F2. The van der Waals surface area contributed by atoms with Crippen LogP contribution in [-0.4, -0.2) is 0 Å². The lowest BCUT2D eigenvalue weighted by atomic mass is 9.77. The Kier molecular flexibility index (Phi) is 3.93. The molecule has 3 rings (SSSR count). The predicted molar refractivity (Wildman–Crippen MR) is 86.3 cm³/mol. The first-order valence-electron chi connectivity index (χ1n) is 7.32. The van der Waals surface area contributed by atoms with E-state index in [0.717, 1.165) is 11.1 Å². The van der Waals surface area contributed by atoms with Crippen LogP contribution in [0.3, 0.4) is 0 Å². The van der Waals surface area contributed by atoms with Gasteiger partial charge in [-0.2, -0.15) is 0 Å². The van der Waals surface area contributed by atoms with Crippen LogP contribution in [0.25, 0.3) is 5.57 Å². The molecule has 0 N–H and O–H groups in total. The number of hydrogen-bond acceptors (Lipinski definition) is 0. The predicted octanol–water partition coefficient (Wildman–Crippen LogP) is 5.84. The van der Waals surface area contributed by atoms with Crippen LogP contribution < -0.4 is 0 Å². The Labute approximate surface area is 129 Å². The highest BCUT2D eigenvalue weighted by Crippen LogP contribution is 2.44. The number of rotatable bonds is 2. The third kappa shape index (κ3) is 2.50. The summed E-state index contributed by atoms with van der Waals surface area (Å²) in [5.74, 6) is -0.919. The van der Waals surface area contributed by atoms with Crippen LogP contribution in [0, 0.1) is 12.2 Å². The molecule has 2 aromatic carbocycles. The molecule has 0 heterocycles. The molecular weight excluding hydrogens is 278 g/mol. The van der Waals surface area contributed by atoms with Crippen molar-refractivity contribution in [2.75, 3.05) is 0 Å². The molecule has 2 heteroatoms. The summed E-state index contributed by atoms with van der Waals surface area (Å²) in [4.78, 5) is 0. The third-order valence-corrected chi connectivity index (χ3v) is 4.20. The summed E-state index contributed by atoms with van der Waals surface area (Å²) in [6.45, 7) is 3.50. The molecule has 111 valence electrons. The maximum absolute atomic E-state index is 14.7. The Hall–Kier alpha value is -2.22. The fourth-order valence-electron chi connectivity index (χ4n) is 2.95. The van der Waals surface area contributed by atoms with E-state index in [0.29, 0.717) is 16.7 Å². The molecule has 0 aliphatic heterocycles. The van der Waals surface area contributed by atoms with Gasteiger partial charge in [0, 0.05) is 12.3 Å². The van der Waals surface area contributed by atoms with Crippen molar-refractivity contribution in [3.8, 4) is 0 Å². The molecule has 0 amide bonds. The smallest absolute Gasteiger partial charge is 0.127 e. The van der Waals surface area contributed by atoms with Gasteiger partial charge in [-0.15, -0.1) is 0 Å². The molecule has 1 aliphatic carbocycles. The molecule has 1 atom stereocenters. The molecule has 1 radical (unpaired) electrons. The Bertz CT molecular complexity index is 754. The van der Waals surface area contributed by atoms with Crippen molar-refractivity contribution in [2.24, 2.45) is 0 Å². The van der Waals surface area contributed by atoms with Gasteiger partial charge in [-0.3, -0.25) is 0 Å². The molecule has 0 fully saturated rings. The SMILES string of the molecule is CC1=C(c2ccccc2)[CH]C(c2ccccc2F)C(C)=C1F. The highest BCUT2D eigenvalue weighted by Gasteiger charge is 2.28. The molecule has 2 aromatic rings. The highest BCUT2D eigenvalue weighted by atomic mass is 19.1. The monoisotopic (exact) mass is 295 g/mol. The summed E-state index contributed by atoms with van der Waals surface area (Å²) in [5, 5.41) is 0.